The average molecular weight is 460 g/mol. The summed E-state index contributed by atoms with van der Waals surface area (Å²) in [7, 11) is 9.01. The first-order chi connectivity index (χ1) is 16.0. The van der Waals surface area contributed by atoms with Crippen LogP contribution in [0.5, 0.6) is 23.0 Å². The van der Waals surface area contributed by atoms with Crippen molar-refractivity contribution in [3.05, 3.63) is 42.0 Å². The van der Waals surface area contributed by atoms with E-state index in [1.54, 1.807) is 28.4 Å². The van der Waals surface area contributed by atoms with Crippen LogP contribution in [0, 0.1) is 0 Å². The second-order valence-corrected chi connectivity index (χ2v) is 8.63. The lowest BCUT2D eigenvalue weighted by atomic mass is 10.1. The van der Waals surface area contributed by atoms with Gasteiger partial charge in [-0.15, -0.1) is 0 Å². The van der Waals surface area contributed by atoms with Gasteiger partial charge in [-0.1, -0.05) is 25.8 Å². The fraction of sp³-hybridized carbons (Fsp3) is 0.556. The highest BCUT2D eigenvalue weighted by Gasteiger charge is 2.26. The zero-order valence-corrected chi connectivity index (χ0v) is 21.4. The first-order valence-corrected chi connectivity index (χ1v) is 12.0. The van der Waals surface area contributed by atoms with Crippen LogP contribution in [0.15, 0.2) is 36.4 Å². The highest BCUT2D eigenvalue weighted by atomic mass is 16.5. The predicted molar refractivity (Wildman–Crippen MR) is 137 cm³/mol. The van der Waals surface area contributed by atoms with E-state index in [0.717, 1.165) is 66.5 Å². The minimum absolute atomic E-state index is 0.755. The average Bonchev–Trinajstić information content (AvgIpc) is 2.86. The molecule has 33 heavy (non-hydrogen) atoms. The van der Waals surface area contributed by atoms with Gasteiger partial charge in [0.1, 0.15) is 5.69 Å². The van der Waals surface area contributed by atoms with Gasteiger partial charge in [0.05, 0.1) is 48.6 Å². The van der Waals surface area contributed by atoms with Crippen molar-refractivity contribution in [1.29, 1.82) is 0 Å². The molecule has 0 aromatic heterocycles. The maximum Gasteiger partial charge on any atom is 0.166 e. The molecule has 0 aliphatic heterocycles. The molecule has 1 unspecified atom stereocenters. The minimum Gasteiger partial charge on any atom is -0.493 e. The van der Waals surface area contributed by atoms with Crippen molar-refractivity contribution in [2.75, 3.05) is 61.7 Å². The summed E-state index contributed by atoms with van der Waals surface area (Å²) in [6.45, 7) is 6.36. The van der Waals surface area contributed by atoms with Crippen LogP contribution < -0.4 is 28.7 Å². The summed E-state index contributed by atoms with van der Waals surface area (Å²) in [6.07, 6.45) is 5.82. The van der Waals surface area contributed by atoms with Crippen LogP contribution in [0.25, 0.3) is 0 Å². The van der Waals surface area contributed by atoms with Crippen molar-refractivity contribution < 1.29 is 18.9 Å². The lowest BCUT2D eigenvalue weighted by molar-refractivity contribution is 0.319. The summed E-state index contributed by atoms with van der Waals surface area (Å²) in [4.78, 5) is 0. The van der Waals surface area contributed by atoms with E-state index < -0.39 is 0 Å². The molecule has 2 aromatic carbocycles. The maximum absolute atomic E-state index is 5.59. The molecule has 0 aliphatic rings. The molecule has 6 nitrogen and oxygen atoms in total. The summed E-state index contributed by atoms with van der Waals surface area (Å²) in [5.74, 6) is 3.05. The van der Waals surface area contributed by atoms with Crippen LogP contribution in [0.1, 0.15) is 38.2 Å². The van der Waals surface area contributed by atoms with Gasteiger partial charge in [-0.2, -0.15) is 0 Å². The maximum atomic E-state index is 5.59. The molecule has 6 heteroatoms. The molecular weight excluding hydrogens is 416 g/mol. The number of ether oxygens (including phenoxy) is 4. The van der Waals surface area contributed by atoms with E-state index >= 15 is 0 Å². The summed E-state index contributed by atoms with van der Waals surface area (Å²) in [5, 5.41) is 3.60. The second-order valence-electron chi connectivity index (χ2n) is 8.63. The zero-order chi connectivity index (χ0) is 24.1. The third-order valence-electron chi connectivity index (χ3n) is 6.29. The number of nitrogens with one attached hydrogen (secondary N) is 1. The molecule has 0 fully saturated rings. The fourth-order valence-electron chi connectivity index (χ4n) is 4.12. The zero-order valence-electron chi connectivity index (χ0n) is 21.4. The van der Waals surface area contributed by atoms with Gasteiger partial charge in [-0.05, 0) is 36.7 Å². The van der Waals surface area contributed by atoms with Gasteiger partial charge >= 0.3 is 0 Å². The van der Waals surface area contributed by atoms with Gasteiger partial charge < -0.3 is 24.3 Å². The van der Waals surface area contributed by atoms with Crippen molar-refractivity contribution in [3.8, 4) is 23.0 Å². The molecule has 0 saturated carbocycles. The van der Waals surface area contributed by atoms with E-state index in [1.165, 1.54) is 30.5 Å². The molecule has 0 aliphatic carbocycles. The van der Waals surface area contributed by atoms with Crippen LogP contribution in [-0.4, -0.2) is 61.7 Å². The fourth-order valence-corrected chi connectivity index (χ4v) is 4.12. The van der Waals surface area contributed by atoms with Crippen molar-refractivity contribution >= 4 is 5.69 Å². The molecule has 184 valence electrons. The molecule has 2 aromatic rings. The van der Waals surface area contributed by atoms with Crippen molar-refractivity contribution in [2.45, 2.75) is 39.0 Å². The third-order valence-corrected chi connectivity index (χ3v) is 6.29. The number of rotatable bonds is 16. The molecule has 0 spiro atoms. The Morgan fingerprint density at radius 3 is 1.94 bits per heavy atom. The number of quaternary nitrogens is 1. The highest BCUT2D eigenvalue weighted by molar-refractivity contribution is 5.54. The van der Waals surface area contributed by atoms with Crippen LogP contribution in [0.2, 0.25) is 0 Å². The van der Waals surface area contributed by atoms with Crippen LogP contribution >= 0.6 is 0 Å². The van der Waals surface area contributed by atoms with Gasteiger partial charge in [0.2, 0.25) is 0 Å². The molecule has 1 N–H and O–H groups in total. The Morgan fingerprint density at radius 2 is 1.30 bits per heavy atom. The van der Waals surface area contributed by atoms with Gasteiger partial charge in [-0.3, -0.25) is 4.48 Å². The number of hydrogen-bond donors (Lipinski definition) is 1. The summed E-state index contributed by atoms with van der Waals surface area (Å²) >= 11 is 0. The van der Waals surface area contributed by atoms with Crippen LogP contribution in [-0.2, 0) is 6.42 Å². The van der Waals surface area contributed by atoms with Crippen molar-refractivity contribution in [1.82, 2.24) is 9.80 Å². The normalized spacial score (nSPS) is 12.8. The predicted octanol–water partition coefficient (Wildman–Crippen LogP) is 5.07. The number of unbranched alkanes of at least 4 members (excludes halogenated alkanes) is 2. The highest BCUT2D eigenvalue weighted by Crippen LogP contribution is 2.34. The Morgan fingerprint density at radius 1 is 0.697 bits per heavy atom. The monoisotopic (exact) mass is 459 g/mol. The standard InChI is InChI=1S/C27H43N2O4/c1-7-8-9-16-28-17-10-18-29(2,23-12-14-25(31-4)27(21-23)33-6)19-15-22-11-13-24(30-3)26(20-22)32-5/h11-14,20-21,28H,7-10,15-19H2,1-6H3/q+1. The molecule has 1 atom stereocenters. The largest absolute Gasteiger partial charge is 0.493 e. The van der Waals surface area contributed by atoms with Crippen molar-refractivity contribution in [3.63, 3.8) is 0 Å². The first kappa shape index (κ1) is 26.8. The number of methoxy groups -OCH3 is 4. The number of benzene rings is 2. The first-order valence-electron chi connectivity index (χ1n) is 12.0. The summed E-state index contributed by atoms with van der Waals surface area (Å²) < 4.78 is 22.8. The van der Waals surface area contributed by atoms with E-state index in [2.05, 4.69) is 43.6 Å². The summed E-state index contributed by atoms with van der Waals surface area (Å²) in [5.41, 5.74) is 2.45. The topological polar surface area (TPSA) is 49.0 Å². The molecule has 2 rings (SSSR count). The van der Waals surface area contributed by atoms with Crippen LogP contribution in [0.3, 0.4) is 0 Å². The Labute approximate surface area is 200 Å². The smallest absolute Gasteiger partial charge is 0.166 e. The van der Waals surface area contributed by atoms with Gasteiger partial charge in [0.15, 0.2) is 23.0 Å². The van der Waals surface area contributed by atoms with Gasteiger partial charge in [0, 0.05) is 31.5 Å². The molecule has 0 radical (unpaired) electrons. The number of hydrogen-bond acceptors (Lipinski definition) is 5. The second kappa shape index (κ2) is 14.0. The Hall–Kier alpha value is -2.44. The lowest BCUT2D eigenvalue weighted by Gasteiger charge is -2.35. The van der Waals surface area contributed by atoms with E-state index in [-0.39, 0.29) is 0 Å². The van der Waals surface area contributed by atoms with Gasteiger partial charge in [-0.25, -0.2) is 0 Å². The lowest BCUT2D eigenvalue weighted by Crippen LogP contribution is -2.48. The Bertz CT molecular complexity index is 843. The van der Waals surface area contributed by atoms with E-state index in [0.29, 0.717) is 0 Å². The number of nitrogens with zero attached hydrogens (tertiary/aromatic N) is 1. The Balaban J connectivity index is 2.16. The third kappa shape index (κ3) is 7.83. The van der Waals surface area contributed by atoms with Gasteiger partial charge in [0.25, 0.3) is 0 Å². The quantitative estimate of drug-likeness (QED) is 0.281. The van der Waals surface area contributed by atoms with Crippen LogP contribution in [0.4, 0.5) is 5.69 Å². The molecule has 0 heterocycles. The van der Waals surface area contributed by atoms with Crippen molar-refractivity contribution in [2.24, 2.45) is 0 Å². The molecule has 0 bridgehead atoms. The van der Waals surface area contributed by atoms with E-state index in [9.17, 15) is 0 Å². The number of likely N-dealkylation sites (N-methyl/N-ethyl adjacent to an activating group) is 1. The molecule has 0 amide bonds. The Kier molecular flexibility index (Phi) is 11.3. The van der Waals surface area contributed by atoms with E-state index in [1.807, 2.05) is 12.1 Å². The minimum atomic E-state index is 0.755. The molecule has 0 saturated heterocycles. The summed E-state index contributed by atoms with van der Waals surface area (Å²) in [6, 6.07) is 12.5. The molecular formula is C27H43N2O4+. The van der Waals surface area contributed by atoms with E-state index in [4.69, 9.17) is 18.9 Å². The SMILES string of the molecule is CCCCCNCCC[N+](C)(CCc1ccc(OC)c(OC)c1)c1ccc(OC)c(OC)c1.